The fourth-order valence-corrected chi connectivity index (χ4v) is 9.31. The van der Waals surface area contributed by atoms with Gasteiger partial charge in [0.2, 0.25) is 0 Å². The first kappa shape index (κ1) is 70.6. The van der Waals surface area contributed by atoms with E-state index in [1.165, 1.54) is 212 Å². The van der Waals surface area contributed by atoms with Crippen molar-refractivity contribution in [2.75, 3.05) is 0 Å². The van der Waals surface area contributed by atoms with Crippen molar-refractivity contribution in [1.82, 2.24) is 6.15 Å². The normalized spacial score (nSPS) is 24.6. The van der Waals surface area contributed by atoms with Crippen LogP contribution in [0.2, 0.25) is 0 Å². The van der Waals surface area contributed by atoms with Gasteiger partial charge in [0.25, 0.3) is 0 Å². The van der Waals surface area contributed by atoms with E-state index >= 15 is 0 Å². The summed E-state index contributed by atoms with van der Waals surface area (Å²) in [4.78, 5) is 0. The van der Waals surface area contributed by atoms with Gasteiger partial charge in [0.05, 0.1) is 0 Å². The molecule has 0 saturated heterocycles. The molecule has 1 atom stereocenters. The van der Waals surface area contributed by atoms with Crippen LogP contribution in [-0.2, 0) is 0 Å². The van der Waals surface area contributed by atoms with Gasteiger partial charge in [0.1, 0.15) is 0 Å². The summed E-state index contributed by atoms with van der Waals surface area (Å²) < 4.78 is 0. The first-order valence-corrected chi connectivity index (χ1v) is 23.7. The smallest absolute Gasteiger partial charge is 1.00 e. The Labute approximate surface area is 412 Å². The molecule has 0 aliphatic heterocycles. The summed E-state index contributed by atoms with van der Waals surface area (Å²) in [5.74, 6) is 0. The number of hydrogen-bond donors (Lipinski definition) is 1. The summed E-state index contributed by atoms with van der Waals surface area (Å²) in [6, 6.07) is 0. The zero-order valence-electron chi connectivity index (χ0n) is 42.2. The van der Waals surface area contributed by atoms with Crippen LogP contribution in [0.5, 0.6) is 0 Å². The Morgan fingerprint density at radius 3 is 0.421 bits per heavy atom. The second kappa shape index (κ2) is 37.4. The van der Waals surface area contributed by atoms with Crippen LogP contribution in [-0.4, -0.2) is 5.48 Å². The van der Waals surface area contributed by atoms with Crippen LogP contribution >= 0.6 is 9.90 Å². The molecule has 6 saturated carbocycles. The van der Waals surface area contributed by atoms with E-state index in [9.17, 15) is 0 Å². The minimum absolute atomic E-state index is 0. The summed E-state index contributed by atoms with van der Waals surface area (Å²) >= 11 is 0. The minimum Gasteiger partial charge on any atom is -1.00 e. The largest absolute Gasteiger partial charge is 1.00 e. The van der Waals surface area contributed by atoms with Crippen LogP contribution in [0, 0.1) is 32.5 Å². The van der Waals surface area contributed by atoms with Gasteiger partial charge in [-0.1, -0.05) is 233 Å². The maximum absolute atomic E-state index is 2.43. The fourth-order valence-electron chi connectivity index (χ4n) is 9.31. The van der Waals surface area contributed by atoms with Crippen molar-refractivity contribution in [3.8, 4) is 0 Å². The average molecular weight is 857 g/mol. The van der Waals surface area contributed by atoms with Crippen LogP contribution in [0.3, 0.4) is 0 Å². The van der Waals surface area contributed by atoms with E-state index in [2.05, 4.69) is 83.1 Å². The van der Waals surface area contributed by atoms with Gasteiger partial charge in [-0.05, 0) is 110 Å². The third-order valence-electron chi connectivity index (χ3n) is 14.0. The van der Waals surface area contributed by atoms with Gasteiger partial charge in [-0.3, -0.25) is 0 Å². The Kier molecular flexibility index (Phi) is 46.3. The fraction of sp³-hybridized carbons (Fsp3) is 1.00. The molecule has 6 rings (SSSR count). The van der Waals surface area contributed by atoms with Crippen molar-refractivity contribution in [3.63, 3.8) is 0 Å². The molecule has 6 aliphatic carbocycles. The van der Waals surface area contributed by atoms with E-state index in [4.69, 9.17) is 0 Å². The predicted molar refractivity (Wildman–Crippen MR) is 269 cm³/mol. The molecule has 4 heteroatoms. The van der Waals surface area contributed by atoms with Crippen LogP contribution in [0.4, 0.5) is 0 Å². The maximum atomic E-state index is 2.43. The SMILES string of the molecule is C.C.CC1(C)CCC1.CC1(C)CCCC1.CC1(C)CCCCC1.CC1(C)CCCCCC1.CC1(C)CCCCCCC1.CC1(C)CCCCCCCC1.N.O.P.[H-].[K+]. The van der Waals surface area contributed by atoms with Gasteiger partial charge >= 0.3 is 51.4 Å². The minimum atomic E-state index is 0. The predicted octanol–water partition coefficient (Wildman–Crippen LogP) is 16.8. The Bertz CT molecular complexity index is 801. The van der Waals surface area contributed by atoms with E-state index in [0.29, 0.717) is 27.1 Å². The van der Waals surface area contributed by atoms with Gasteiger partial charge < -0.3 is 13.1 Å². The van der Waals surface area contributed by atoms with Gasteiger partial charge in [-0.15, -0.1) is 0 Å². The molecule has 0 aromatic rings. The molecule has 0 aromatic heterocycles. The first-order valence-electron chi connectivity index (χ1n) is 23.7. The third kappa shape index (κ3) is 43.0. The quantitative estimate of drug-likeness (QED) is 0.147. The van der Waals surface area contributed by atoms with Crippen molar-refractivity contribution >= 4 is 9.90 Å². The molecular weight excluding hydrogens is 737 g/mol. The monoisotopic (exact) mass is 856 g/mol. The molecule has 0 radical (unpaired) electrons. The second-order valence-corrected chi connectivity index (χ2v) is 23.4. The summed E-state index contributed by atoms with van der Waals surface area (Å²) in [6.07, 6.45) is 48.3. The van der Waals surface area contributed by atoms with Crippen LogP contribution in [0.25, 0.3) is 0 Å². The Hall–Kier alpha value is 1.99. The third-order valence-corrected chi connectivity index (χ3v) is 14.0. The topological polar surface area (TPSA) is 66.5 Å². The molecule has 6 fully saturated rings. The Morgan fingerprint density at radius 2 is 0.316 bits per heavy atom. The molecule has 0 bridgehead atoms. The molecule has 2 nitrogen and oxygen atoms in total. The summed E-state index contributed by atoms with van der Waals surface area (Å²) in [6.45, 7) is 28.6. The zero-order valence-corrected chi connectivity index (χ0v) is 45.8. The maximum Gasteiger partial charge on any atom is 1.00 e. The molecule has 0 spiro atoms. The molecule has 0 heterocycles. The number of hydrogen-bond acceptors (Lipinski definition) is 1. The van der Waals surface area contributed by atoms with E-state index in [-0.39, 0.29) is 89.2 Å². The van der Waals surface area contributed by atoms with E-state index in [1.54, 1.807) is 0 Å². The van der Waals surface area contributed by atoms with Crippen LogP contribution in [0.1, 0.15) is 311 Å². The molecule has 0 aromatic carbocycles. The van der Waals surface area contributed by atoms with Crippen LogP contribution in [0.15, 0.2) is 0 Å². The molecule has 0 amide bonds. The van der Waals surface area contributed by atoms with E-state index in [0.717, 1.165) is 5.41 Å². The number of rotatable bonds is 0. The molecular formula is C53H119KNOP. The van der Waals surface area contributed by atoms with Crippen molar-refractivity contribution in [1.29, 1.82) is 0 Å². The molecule has 348 valence electrons. The van der Waals surface area contributed by atoms with Crippen molar-refractivity contribution < 1.29 is 58.3 Å². The van der Waals surface area contributed by atoms with Crippen molar-refractivity contribution in [2.45, 2.75) is 310 Å². The van der Waals surface area contributed by atoms with Crippen molar-refractivity contribution in [2.24, 2.45) is 32.5 Å². The summed E-state index contributed by atoms with van der Waals surface area (Å²) in [5, 5.41) is 0. The Balaban J connectivity index is -0.000000106. The Morgan fingerprint density at radius 1 is 0.228 bits per heavy atom. The molecule has 6 aliphatic rings. The molecule has 5 N–H and O–H groups in total. The molecule has 57 heavy (non-hydrogen) atoms. The summed E-state index contributed by atoms with van der Waals surface area (Å²) in [7, 11) is 0. The average Bonchev–Trinajstić information content (AvgIpc) is 3.36. The van der Waals surface area contributed by atoms with Crippen molar-refractivity contribution in [3.05, 3.63) is 0 Å². The van der Waals surface area contributed by atoms with Gasteiger partial charge in [0, 0.05) is 0 Å². The molecule has 1 unspecified atom stereocenters. The van der Waals surface area contributed by atoms with E-state index < -0.39 is 0 Å². The van der Waals surface area contributed by atoms with Gasteiger partial charge in [-0.25, -0.2) is 0 Å². The first-order chi connectivity index (χ1) is 23.7. The summed E-state index contributed by atoms with van der Waals surface area (Å²) in [5.41, 5.74) is 4.06. The van der Waals surface area contributed by atoms with Gasteiger partial charge in [0.15, 0.2) is 0 Å². The zero-order chi connectivity index (χ0) is 38.3. The van der Waals surface area contributed by atoms with Gasteiger partial charge in [-0.2, -0.15) is 9.90 Å². The standard InChI is InChI=1S/C11H22.C10H20.C9H18.C8H16.C7H14.C6H12.2CH4.K.H3N.H2O.H3P.H/c1-11(2)9-7-5-3-4-6-8-10-11;1-10(2)8-6-4-3-5-7-9-10;1-9(2)7-5-3-4-6-8-9;1-8(2)6-4-3-5-7-8;1-7(2)5-3-4-6-7;1-6(2)4-3-5-6;;;;;;;/h3-10H2,1-2H3;3-9H2,1-2H3;3-8H2,1-2H3;3-7H2,1-2H3;3-6H2,1-2H3;3-5H2,1-2H3;2*1H4;;1H3;1H2;1H3;/q;;;;;;;;+1;;;;-1. The van der Waals surface area contributed by atoms with Crippen LogP contribution < -0.4 is 57.5 Å². The van der Waals surface area contributed by atoms with E-state index in [1.807, 2.05) is 0 Å². The second-order valence-electron chi connectivity index (χ2n) is 23.4.